The Morgan fingerprint density at radius 1 is 0.756 bits per heavy atom. The zero-order valence-corrected chi connectivity index (χ0v) is 25.5. The molecule has 0 N–H and O–H groups in total. The summed E-state index contributed by atoms with van der Waals surface area (Å²) in [7, 11) is 0. The van der Waals surface area contributed by atoms with Crippen molar-refractivity contribution in [3.63, 3.8) is 0 Å². The van der Waals surface area contributed by atoms with E-state index in [-0.39, 0.29) is 0 Å². The summed E-state index contributed by atoms with van der Waals surface area (Å²) < 4.78 is 0. The SMILES string of the molecule is C#Cc1ccc(CC2CCC(C(C(=C)CCc3ccccc3)c3ccc(C4CCC(C(C)C)CC4)cc3)CC2)cc1. The average Bonchev–Trinajstić information content (AvgIpc) is 3.02. The van der Waals surface area contributed by atoms with Crippen LogP contribution < -0.4 is 0 Å². The van der Waals surface area contributed by atoms with Gasteiger partial charge in [-0.3, -0.25) is 0 Å². The van der Waals surface area contributed by atoms with E-state index in [0.717, 1.165) is 42.1 Å². The van der Waals surface area contributed by atoms with Crippen molar-refractivity contribution >= 4 is 0 Å². The molecule has 0 radical (unpaired) electrons. The second-order valence-corrected chi connectivity index (χ2v) is 13.5. The molecule has 0 amide bonds. The van der Waals surface area contributed by atoms with Crippen molar-refractivity contribution < 1.29 is 0 Å². The summed E-state index contributed by atoms with van der Waals surface area (Å²) in [6, 6.07) is 29.5. The minimum Gasteiger partial charge on any atom is -0.115 e. The van der Waals surface area contributed by atoms with E-state index < -0.39 is 0 Å². The summed E-state index contributed by atoms with van der Waals surface area (Å²) in [5.41, 5.74) is 8.30. The van der Waals surface area contributed by atoms with Gasteiger partial charge in [-0.25, -0.2) is 0 Å². The van der Waals surface area contributed by atoms with Crippen molar-refractivity contribution in [2.24, 2.45) is 23.7 Å². The molecule has 0 heteroatoms. The fourth-order valence-electron chi connectivity index (χ4n) is 7.84. The molecule has 0 spiro atoms. The topological polar surface area (TPSA) is 0 Å². The lowest BCUT2D eigenvalue weighted by Crippen LogP contribution is -2.23. The minimum absolute atomic E-state index is 0.459. The molecule has 0 aliphatic heterocycles. The van der Waals surface area contributed by atoms with Crippen molar-refractivity contribution in [3.05, 3.63) is 119 Å². The standard InChI is InChI=1S/C41H50/c1-5-32-13-15-34(16-14-32)29-35-17-19-39(20-18-35)41(31(4)11-12-33-9-7-6-8-10-33)40-27-25-38(26-28-40)37-23-21-36(22-24-37)30(2)3/h1,6-10,13-16,25-28,30,35-37,39,41H,4,11-12,17-24,29H2,2-3H3. The molecule has 2 aliphatic carbocycles. The Balaban J connectivity index is 1.26. The van der Waals surface area contributed by atoms with Gasteiger partial charge in [-0.2, -0.15) is 0 Å². The van der Waals surface area contributed by atoms with Gasteiger partial charge in [0.1, 0.15) is 0 Å². The molecule has 5 rings (SSSR count). The van der Waals surface area contributed by atoms with Gasteiger partial charge in [0.2, 0.25) is 0 Å². The molecule has 3 aromatic carbocycles. The highest BCUT2D eigenvalue weighted by molar-refractivity contribution is 5.35. The number of allylic oxidation sites excluding steroid dienone is 1. The van der Waals surface area contributed by atoms with Crippen LogP contribution in [0.15, 0.2) is 91.0 Å². The van der Waals surface area contributed by atoms with E-state index in [1.807, 2.05) is 0 Å². The molecular formula is C41H50. The third-order valence-corrected chi connectivity index (χ3v) is 10.5. The molecule has 214 valence electrons. The summed E-state index contributed by atoms with van der Waals surface area (Å²) in [5.74, 6) is 7.14. The van der Waals surface area contributed by atoms with Crippen molar-refractivity contribution in [1.82, 2.24) is 0 Å². The Hall–Kier alpha value is -3.04. The summed E-state index contributed by atoms with van der Waals surface area (Å²) in [6.45, 7) is 9.54. The summed E-state index contributed by atoms with van der Waals surface area (Å²) in [6.07, 6.45) is 19.6. The van der Waals surface area contributed by atoms with Crippen LogP contribution in [-0.2, 0) is 12.8 Å². The zero-order valence-electron chi connectivity index (χ0n) is 25.5. The number of hydrogen-bond donors (Lipinski definition) is 0. The maximum absolute atomic E-state index is 5.56. The van der Waals surface area contributed by atoms with Crippen LogP contribution in [0, 0.1) is 36.0 Å². The van der Waals surface area contributed by atoms with Gasteiger partial charge in [0.25, 0.3) is 0 Å². The lowest BCUT2D eigenvalue weighted by Gasteiger charge is -2.36. The number of rotatable bonds is 10. The summed E-state index contributed by atoms with van der Waals surface area (Å²) in [4.78, 5) is 0. The van der Waals surface area contributed by atoms with E-state index in [2.05, 4.69) is 98.6 Å². The lowest BCUT2D eigenvalue weighted by atomic mass is 9.69. The van der Waals surface area contributed by atoms with Crippen molar-refractivity contribution in [2.75, 3.05) is 0 Å². The molecule has 0 nitrogen and oxygen atoms in total. The normalized spacial score (nSPS) is 23.6. The van der Waals surface area contributed by atoms with Gasteiger partial charge in [0, 0.05) is 11.5 Å². The molecule has 0 bridgehead atoms. The molecule has 0 heterocycles. The second kappa shape index (κ2) is 14.2. The van der Waals surface area contributed by atoms with Crippen molar-refractivity contribution in [2.45, 2.75) is 96.3 Å². The average molecular weight is 543 g/mol. The number of hydrogen-bond acceptors (Lipinski definition) is 0. The van der Waals surface area contributed by atoms with E-state index in [4.69, 9.17) is 13.0 Å². The molecule has 0 aromatic heterocycles. The molecule has 1 atom stereocenters. The van der Waals surface area contributed by atoms with E-state index in [0.29, 0.717) is 11.8 Å². The molecule has 2 fully saturated rings. The lowest BCUT2D eigenvalue weighted by molar-refractivity contribution is 0.252. The van der Waals surface area contributed by atoms with Crippen LogP contribution in [0.2, 0.25) is 0 Å². The Bertz CT molecular complexity index is 1250. The van der Waals surface area contributed by atoms with Gasteiger partial charge in [0.15, 0.2) is 0 Å². The fourth-order valence-corrected chi connectivity index (χ4v) is 7.84. The van der Waals surface area contributed by atoms with Crippen molar-refractivity contribution in [1.29, 1.82) is 0 Å². The van der Waals surface area contributed by atoms with Crippen LogP contribution in [0.4, 0.5) is 0 Å². The van der Waals surface area contributed by atoms with Crippen molar-refractivity contribution in [3.8, 4) is 12.3 Å². The van der Waals surface area contributed by atoms with Gasteiger partial charge >= 0.3 is 0 Å². The van der Waals surface area contributed by atoms with E-state index in [1.165, 1.54) is 80.1 Å². The number of aryl methyl sites for hydroxylation is 1. The Morgan fingerprint density at radius 2 is 1.39 bits per heavy atom. The van der Waals surface area contributed by atoms with Gasteiger partial charge in [-0.05, 0) is 135 Å². The fraction of sp³-hybridized carbons (Fsp3) is 0.463. The Morgan fingerprint density at radius 3 is 2.00 bits per heavy atom. The third-order valence-electron chi connectivity index (χ3n) is 10.5. The zero-order chi connectivity index (χ0) is 28.6. The minimum atomic E-state index is 0.459. The van der Waals surface area contributed by atoms with E-state index in [9.17, 15) is 0 Å². The largest absolute Gasteiger partial charge is 0.115 e. The highest BCUT2D eigenvalue weighted by Gasteiger charge is 2.31. The molecule has 2 aliphatic rings. The quantitative estimate of drug-likeness (QED) is 0.176. The summed E-state index contributed by atoms with van der Waals surface area (Å²) >= 11 is 0. The highest BCUT2D eigenvalue weighted by atomic mass is 14.4. The third kappa shape index (κ3) is 7.83. The van der Waals surface area contributed by atoms with Crippen LogP contribution in [0.25, 0.3) is 0 Å². The first-order valence-electron chi connectivity index (χ1n) is 16.4. The van der Waals surface area contributed by atoms with E-state index >= 15 is 0 Å². The van der Waals surface area contributed by atoms with Crippen LogP contribution >= 0.6 is 0 Å². The highest BCUT2D eigenvalue weighted by Crippen LogP contribution is 2.44. The molecular weight excluding hydrogens is 492 g/mol. The monoisotopic (exact) mass is 542 g/mol. The van der Waals surface area contributed by atoms with Gasteiger partial charge in [-0.1, -0.05) is 98.6 Å². The number of terminal acetylenes is 1. The van der Waals surface area contributed by atoms with E-state index in [1.54, 1.807) is 5.56 Å². The smallest absolute Gasteiger partial charge is 0.0242 e. The van der Waals surface area contributed by atoms with Gasteiger partial charge in [-0.15, -0.1) is 6.42 Å². The predicted octanol–water partition coefficient (Wildman–Crippen LogP) is 10.9. The first-order valence-corrected chi connectivity index (χ1v) is 16.4. The molecule has 3 aromatic rings. The molecule has 41 heavy (non-hydrogen) atoms. The summed E-state index contributed by atoms with van der Waals surface area (Å²) in [5, 5.41) is 0. The maximum Gasteiger partial charge on any atom is 0.0242 e. The first kappa shape index (κ1) is 29.5. The Labute approximate surface area is 250 Å². The molecule has 2 saturated carbocycles. The second-order valence-electron chi connectivity index (χ2n) is 13.5. The molecule has 1 unspecified atom stereocenters. The molecule has 0 saturated heterocycles. The predicted molar refractivity (Wildman–Crippen MR) is 176 cm³/mol. The number of benzene rings is 3. The van der Waals surface area contributed by atoms with Gasteiger partial charge in [0.05, 0.1) is 0 Å². The van der Waals surface area contributed by atoms with Crippen LogP contribution in [0.1, 0.15) is 111 Å². The van der Waals surface area contributed by atoms with Crippen LogP contribution in [-0.4, -0.2) is 0 Å². The maximum atomic E-state index is 5.56. The van der Waals surface area contributed by atoms with Gasteiger partial charge < -0.3 is 0 Å². The van der Waals surface area contributed by atoms with Crippen LogP contribution in [0.5, 0.6) is 0 Å². The Kier molecular flexibility index (Phi) is 10.2. The van der Waals surface area contributed by atoms with Crippen LogP contribution in [0.3, 0.4) is 0 Å². The first-order chi connectivity index (χ1) is 20.0.